The molecular weight excluding hydrogens is 386 g/mol. The molecule has 1 fully saturated rings. The second-order valence-electron chi connectivity index (χ2n) is 7.39. The number of benzene rings is 1. The maximum Gasteiger partial charge on any atom is 0.134 e. The standard InChI is InChI=1S/C22H24ClN5O/c23-18-5-2-16(3-6-18)21-19(15-27-10-12-29-13-11-27)28-14-17(4-7-20(28)26-21)22-24-8-1-9-25-22/h1-8,14,20,26H,9-13,15H2,(H,24,25). The van der Waals surface area contributed by atoms with Gasteiger partial charge in [0.05, 0.1) is 31.2 Å². The molecule has 6 nitrogen and oxygen atoms in total. The highest BCUT2D eigenvalue weighted by molar-refractivity contribution is 6.30. The van der Waals surface area contributed by atoms with Crippen molar-refractivity contribution in [3.8, 4) is 0 Å². The average Bonchev–Trinajstić information content (AvgIpc) is 3.13. The Balaban J connectivity index is 1.50. The second kappa shape index (κ2) is 8.06. The van der Waals surface area contributed by atoms with Gasteiger partial charge in [-0.2, -0.15) is 0 Å². The second-order valence-corrected chi connectivity index (χ2v) is 7.83. The lowest BCUT2D eigenvalue weighted by atomic mass is 10.1. The van der Waals surface area contributed by atoms with Gasteiger partial charge < -0.3 is 20.3 Å². The Morgan fingerprint density at radius 3 is 2.76 bits per heavy atom. The Morgan fingerprint density at radius 1 is 1.17 bits per heavy atom. The first-order chi connectivity index (χ1) is 14.3. The molecule has 0 aromatic heterocycles. The molecule has 4 aliphatic heterocycles. The van der Waals surface area contributed by atoms with Crippen LogP contribution in [-0.2, 0) is 4.74 Å². The maximum atomic E-state index is 6.12. The van der Waals surface area contributed by atoms with Crippen molar-refractivity contribution in [2.24, 2.45) is 4.99 Å². The molecule has 5 rings (SSSR count). The van der Waals surface area contributed by atoms with Crippen LogP contribution in [-0.4, -0.2) is 61.2 Å². The highest BCUT2D eigenvalue weighted by Crippen LogP contribution is 2.32. The number of fused-ring (bicyclic) bond motifs is 1. The average molecular weight is 410 g/mol. The summed E-state index contributed by atoms with van der Waals surface area (Å²) in [6, 6.07) is 8.04. The summed E-state index contributed by atoms with van der Waals surface area (Å²) in [5.41, 5.74) is 4.64. The molecule has 4 aliphatic rings. The van der Waals surface area contributed by atoms with Crippen LogP contribution >= 0.6 is 11.6 Å². The molecule has 0 amide bonds. The van der Waals surface area contributed by atoms with Crippen LogP contribution < -0.4 is 10.6 Å². The van der Waals surface area contributed by atoms with Gasteiger partial charge >= 0.3 is 0 Å². The number of ether oxygens (including phenoxy) is 1. The summed E-state index contributed by atoms with van der Waals surface area (Å²) >= 11 is 6.12. The maximum absolute atomic E-state index is 6.12. The number of nitrogens with one attached hydrogen (secondary N) is 2. The normalized spacial score (nSPS) is 24.0. The van der Waals surface area contributed by atoms with Crippen LogP contribution in [0.2, 0.25) is 5.02 Å². The van der Waals surface area contributed by atoms with E-state index in [4.69, 9.17) is 16.3 Å². The molecule has 1 saturated heterocycles. The van der Waals surface area contributed by atoms with Crippen LogP contribution in [0, 0.1) is 0 Å². The van der Waals surface area contributed by atoms with Crippen molar-refractivity contribution in [3.05, 3.63) is 76.7 Å². The van der Waals surface area contributed by atoms with Gasteiger partial charge in [0, 0.05) is 42.6 Å². The van der Waals surface area contributed by atoms with E-state index < -0.39 is 0 Å². The largest absolute Gasteiger partial charge is 0.379 e. The highest BCUT2D eigenvalue weighted by Gasteiger charge is 2.33. The molecule has 2 N–H and O–H groups in total. The predicted octanol–water partition coefficient (Wildman–Crippen LogP) is 2.54. The smallest absolute Gasteiger partial charge is 0.134 e. The van der Waals surface area contributed by atoms with E-state index in [0.717, 1.165) is 60.5 Å². The molecule has 1 aromatic carbocycles. The third-order valence-electron chi connectivity index (χ3n) is 5.50. The number of halogens is 1. The number of morpholine rings is 1. The molecule has 4 heterocycles. The molecule has 7 heteroatoms. The van der Waals surface area contributed by atoms with Gasteiger partial charge in [-0.15, -0.1) is 0 Å². The Morgan fingerprint density at radius 2 is 2.00 bits per heavy atom. The zero-order valence-corrected chi connectivity index (χ0v) is 16.9. The summed E-state index contributed by atoms with van der Waals surface area (Å²) < 4.78 is 5.54. The van der Waals surface area contributed by atoms with Crippen LogP contribution in [0.5, 0.6) is 0 Å². The van der Waals surface area contributed by atoms with Crippen LogP contribution in [0.3, 0.4) is 0 Å². The van der Waals surface area contributed by atoms with Crippen LogP contribution in [0.4, 0.5) is 0 Å². The topological polar surface area (TPSA) is 52.1 Å². The molecule has 0 radical (unpaired) electrons. The minimum atomic E-state index is 0.0974. The van der Waals surface area contributed by atoms with E-state index in [-0.39, 0.29) is 6.17 Å². The third kappa shape index (κ3) is 3.83. The SMILES string of the molecule is Clc1ccc(C2=C(CN3CCOCC3)N3C=C(C4=NCC=CN4)C=CC3N2)cc1. The summed E-state index contributed by atoms with van der Waals surface area (Å²) in [7, 11) is 0. The van der Waals surface area contributed by atoms with Crippen LogP contribution in [0.15, 0.2) is 71.2 Å². The first-order valence-electron chi connectivity index (χ1n) is 9.98. The van der Waals surface area contributed by atoms with Gasteiger partial charge in [-0.1, -0.05) is 23.7 Å². The lowest BCUT2D eigenvalue weighted by Gasteiger charge is -2.32. The molecule has 0 bridgehead atoms. The highest BCUT2D eigenvalue weighted by atomic mass is 35.5. The quantitative estimate of drug-likeness (QED) is 0.800. The van der Waals surface area contributed by atoms with Gasteiger partial charge in [-0.3, -0.25) is 9.89 Å². The van der Waals surface area contributed by atoms with Crippen molar-refractivity contribution in [3.63, 3.8) is 0 Å². The van der Waals surface area contributed by atoms with E-state index in [9.17, 15) is 0 Å². The summed E-state index contributed by atoms with van der Waals surface area (Å²) in [6.45, 7) is 5.04. The fraction of sp³-hybridized carbons (Fsp3) is 0.318. The minimum Gasteiger partial charge on any atom is -0.379 e. The van der Waals surface area contributed by atoms with Crippen molar-refractivity contribution in [1.82, 2.24) is 20.4 Å². The van der Waals surface area contributed by atoms with Crippen LogP contribution in [0.1, 0.15) is 5.56 Å². The van der Waals surface area contributed by atoms with Crippen molar-refractivity contribution >= 4 is 23.1 Å². The van der Waals surface area contributed by atoms with Gasteiger partial charge in [0.25, 0.3) is 0 Å². The summed E-state index contributed by atoms with van der Waals surface area (Å²) in [5.74, 6) is 0.910. The molecule has 0 aliphatic carbocycles. The summed E-state index contributed by atoms with van der Waals surface area (Å²) in [4.78, 5) is 9.37. The summed E-state index contributed by atoms with van der Waals surface area (Å²) in [6.07, 6.45) is 10.6. The molecule has 1 atom stereocenters. The lowest BCUT2D eigenvalue weighted by Crippen LogP contribution is -2.41. The molecule has 29 heavy (non-hydrogen) atoms. The molecule has 0 saturated carbocycles. The third-order valence-corrected chi connectivity index (χ3v) is 5.76. The van der Waals surface area contributed by atoms with E-state index >= 15 is 0 Å². The zero-order valence-electron chi connectivity index (χ0n) is 16.1. The molecule has 0 spiro atoms. The molecule has 1 aromatic rings. The van der Waals surface area contributed by atoms with Crippen molar-refractivity contribution < 1.29 is 4.74 Å². The molecule has 150 valence electrons. The lowest BCUT2D eigenvalue weighted by molar-refractivity contribution is 0.0401. The fourth-order valence-electron chi connectivity index (χ4n) is 3.98. The number of hydrogen-bond acceptors (Lipinski definition) is 6. The fourth-order valence-corrected chi connectivity index (χ4v) is 4.10. The Labute approximate surface area is 175 Å². The Hall–Kier alpha value is -2.54. The first-order valence-corrected chi connectivity index (χ1v) is 10.4. The van der Waals surface area contributed by atoms with E-state index in [0.29, 0.717) is 6.54 Å². The van der Waals surface area contributed by atoms with E-state index in [2.05, 4.69) is 55.9 Å². The van der Waals surface area contributed by atoms with Crippen molar-refractivity contribution in [1.29, 1.82) is 0 Å². The van der Waals surface area contributed by atoms with Gasteiger partial charge in [-0.25, -0.2) is 0 Å². The van der Waals surface area contributed by atoms with Crippen LogP contribution in [0.25, 0.3) is 5.70 Å². The van der Waals surface area contributed by atoms with Crippen molar-refractivity contribution in [2.75, 3.05) is 39.4 Å². The first kappa shape index (κ1) is 18.5. The molecular formula is C22H24ClN5O. The molecule has 1 unspecified atom stereocenters. The van der Waals surface area contributed by atoms with Gasteiger partial charge in [0.15, 0.2) is 0 Å². The van der Waals surface area contributed by atoms with E-state index in [1.165, 1.54) is 5.70 Å². The van der Waals surface area contributed by atoms with Crippen molar-refractivity contribution in [2.45, 2.75) is 6.17 Å². The zero-order chi connectivity index (χ0) is 19.6. The Bertz CT molecular complexity index is 925. The number of hydrogen-bond donors (Lipinski definition) is 2. The number of aliphatic imine (C=N–C) groups is 1. The van der Waals surface area contributed by atoms with Gasteiger partial charge in [0.2, 0.25) is 0 Å². The minimum absolute atomic E-state index is 0.0974. The monoisotopic (exact) mass is 409 g/mol. The number of rotatable bonds is 4. The predicted molar refractivity (Wildman–Crippen MR) is 116 cm³/mol. The van der Waals surface area contributed by atoms with E-state index in [1.807, 2.05) is 24.4 Å². The van der Waals surface area contributed by atoms with Gasteiger partial charge in [0.1, 0.15) is 12.0 Å². The van der Waals surface area contributed by atoms with Gasteiger partial charge in [-0.05, 0) is 35.9 Å². The van der Waals surface area contributed by atoms with E-state index in [1.54, 1.807) is 0 Å². The Kier molecular flexibility index (Phi) is 5.14. The summed E-state index contributed by atoms with van der Waals surface area (Å²) in [5, 5.41) is 7.70. The number of nitrogens with zero attached hydrogens (tertiary/aromatic N) is 3. The number of amidine groups is 1.